The number of ketones is 1. The number of esters is 4. The number of fused-ring (bicyclic) bond motifs is 9. The number of benzene rings is 3. The lowest BCUT2D eigenvalue weighted by atomic mass is 9.74. The summed E-state index contributed by atoms with van der Waals surface area (Å²) in [6.07, 6.45) is -11.0. The number of aliphatic hydroxyl groups excluding tert-OH is 1. The number of rotatable bonds is 0. The predicted octanol–water partition coefficient (Wildman–Crippen LogP) is -2.08. The standard InChI is InChI=1S/C34H24O23/c35-10-1-6-15(22(42)19(10)39)16-7(2-11(36)20(40)23(16)43)30(47)56-32-27-24(44)25(13(53-32)5-52-28(6)45)54-29(46)8-3-12(37)21(41)26-17(8)18-9(31(48)55-27)4-14(38)33(49,50)34(18,51)57-26/h1-4,13,18,24-25,27,32,35-37,39-44,49-51H,5H2/t13-,18-,24+,25-,27-,32+,34+/m1/s1. The molecule has 7 atom stereocenters. The molecule has 23 heteroatoms. The zero-order valence-electron chi connectivity index (χ0n) is 27.8. The maximum Gasteiger partial charge on any atom is 0.341 e. The van der Waals surface area contributed by atoms with Gasteiger partial charge in [0.1, 0.15) is 18.8 Å². The van der Waals surface area contributed by atoms with E-state index in [4.69, 9.17) is 28.4 Å². The highest BCUT2D eigenvalue weighted by Gasteiger charge is 2.70. The molecule has 1 aliphatic carbocycles. The van der Waals surface area contributed by atoms with Gasteiger partial charge in [0.05, 0.1) is 28.2 Å². The minimum absolute atomic E-state index is 0.255. The lowest BCUT2D eigenvalue weighted by Gasteiger charge is -2.43. The molecule has 4 heterocycles. The van der Waals surface area contributed by atoms with Crippen molar-refractivity contribution in [2.75, 3.05) is 6.61 Å². The molecule has 1 fully saturated rings. The molecule has 0 amide bonds. The number of hydrogen-bond donors (Lipinski definition) is 12. The van der Waals surface area contributed by atoms with Gasteiger partial charge in [-0.1, -0.05) is 0 Å². The van der Waals surface area contributed by atoms with Crippen LogP contribution in [0.1, 0.15) is 42.6 Å². The average molecular weight is 801 g/mol. The monoisotopic (exact) mass is 800 g/mol. The molecular weight excluding hydrogens is 776 g/mol. The van der Waals surface area contributed by atoms with Gasteiger partial charge < -0.3 is 89.7 Å². The van der Waals surface area contributed by atoms with E-state index in [2.05, 4.69) is 0 Å². The highest BCUT2D eigenvalue weighted by atomic mass is 16.7. The van der Waals surface area contributed by atoms with E-state index in [0.29, 0.717) is 18.2 Å². The molecule has 0 spiro atoms. The van der Waals surface area contributed by atoms with Crippen LogP contribution in [0.15, 0.2) is 29.8 Å². The van der Waals surface area contributed by atoms with Gasteiger partial charge in [0.25, 0.3) is 11.6 Å². The Balaban J connectivity index is 1.33. The zero-order valence-corrected chi connectivity index (χ0v) is 27.8. The minimum Gasteiger partial charge on any atom is -0.504 e. The van der Waals surface area contributed by atoms with Crippen molar-refractivity contribution in [3.8, 4) is 62.9 Å². The van der Waals surface area contributed by atoms with Crippen molar-refractivity contribution in [1.29, 1.82) is 0 Å². The fourth-order valence-corrected chi connectivity index (χ4v) is 7.23. The van der Waals surface area contributed by atoms with Crippen LogP contribution in [0.5, 0.6) is 51.7 Å². The third-order valence-electron chi connectivity index (χ3n) is 10.0. The minimum atomic E-state index is -3.92. The van der Waals surface area contributed by atoms with E-state index < -0.39 is 175 Å². The number of aliphatic hydroxyl groups is 4. The summed E-state index contributed by atoms with van der Waals surface area (Å²) in [6, 6.07) is 1.48. The van der Waals surface area contributed by atoms with Crippen molar-refractivity contribution in [2.24, 2.45) is 0 Å². The molecule has 57 heavy (non-hydrogen) atoms. The summed E-state index contributed by atoms with van der Waals surface area (Å²) in [6.45, 7) is -1.12. The Hall–Kier alpha value is -7.05. The van der Waals surface area contributed by atoms with Crippen molar-refractivity contribution in [3.63, 3.8) is 0 Å². The second kappa shape index (κ2) is 12.0. The van der Waals surface area contributed by atoms with E-state index in [1.54, 1.807) is 0 Å². The number of ether oxygens (including phenoxy) is 6. The van der Waals surface area contributed by atoms with Gasteiger partial charge in [0.15, 0.2) is 46.7 Å². The predicted molar refractivity (Wildman–Crippen MR) is 170 cm³/mol. The average Bonchev–Trinajstić information content (AvgIpc) is 3.48. The van der Waals surface area contributed by atoms with Crippen molar-refractivity contribution in [2.45, 2.75) is 48.2 Å². The van der Waals surface area contributed by atoms with E-state index in [0.717, 1.165) is 0 Å². The molecule has 4 bridgehead atoms. The van der Waals surface area contributed by atoms with Crippen molar-refractivity contribution >= 4 is 29.7 Å². The van der Waals surface area contributed by atoms with Crippen LogP contribution in [0.25, 0.3) is 11.1 Å². The highest BCUT2D eigenvalue weighted by Crippen LogP contribution is 2.60. The van der Waals surface area contributed by atoms with Gasteiger partial charge in [-0.05, 0) is 24.3 Å². The van der Waals surface area contributed by atoms with Gasteiger partial charge in [0, 0.05) is 16.7 Å². The molecule has 0 radical (unpaired) electrons. The molecule has 0 unspecified atom stereocenters. The summed E-state index contributed by atoms with van der Waals surface area (Å²) in [4.78, 5) is 68.5. The fourth-order valence-electron chi connectivity index (χ4n) is 7.23. The quantitative estimate of drug-likeness (QED) is 0.0502. The van der Waals surface area contributed by atoms with Crippen LogP contribution >= 0.6 is 0 Å². The summed E-state index contributed by atoms with van der Waals surface area (Å²) in [5.41, 5.74) is -6.67. The number of cyclic esters (lactones) is 1. The molecule has 8 rings (SSSR count). The number of carbonyl (C=O) groups excluding carboxylic acids is 5. The van der Waals surface area contributed by atoms with Crippen molar-refractivity contribution in [1.82, 2.24) is 0 Å². The zero-order chi connectivity index (χ0) is 41.4. The van der Waals surface area contributed by atoms with Gasteiger partial charge in [-0.2, -0.15) is 0 Å². The summed E-state index contributed by atoms with van der Waals surface area (Å²) in [5.74, 6) is -29.5. The largest absolute Gasteiger partial charge is 0.504 e. The molecule has 12 N–H and O–H groups in total. The molecule has 3 aromatic carbocycles. The molecule has 4 aliphatic heterocycles. The third kappa shape index (κ3) is 4.93. The first-order chi connectivity index (χ1) is 26.7. The highest BCUT2D eigenvalue weighted by molar-refractivity contribution is 6.09. The second-order valence-electron chi connectivity index (χ2n) is 13.2. The maximum absolute atomic E-state index is 14.0. The van der Waals surface area contributed by atoms with Crippen molar-refractivity contribution in [3.05, 3.63) is 52.1 Å². The van der Waals surface area contributed by atoms with Gasteiger partial charge in [-0.15, -0.1) is 0 Å². The van der Waals surface area contributed by atoms with Crippen LogP contribution in [0, 0.1) is 0 Å². The van der Waals surface area contributed by atoms with Crippen LogP contribution in [-0.4, -0.2) is 140 Å². The van der Waals surface area contributed by atoms with Gasteiger partial charge in [0.2, 0.25) is 29.3 Å². The van der Waals surface area contributed by atoms with E-state index in [1.807, 2.05) is 0 Å². The normalized spacial score (nSPS) is 28.6. The Morgan fingerprint density at radius 1 is 0.614 bits per heavy atom. The molecule has 3 aromatic rings. The van der Waals surface area contributed by atoms with Crippen LogP contribution in [-0.2, 0) is 33.3 Å². The Morgan fingerprint density at radius 3 is 1.75 bits per heavy atom. The molecule has 0 aromatic heterocycles. The van der Waals surface area contributed by atoms with E-state index in [-0.39, 0.29) is 6.08 Å². The Morgan fingerprint density at radius 2 is 1.14 bits per heavy atom. The summed E-state index contributed by atoms with van der Waals surface area (Å²) >= 11 is 0. The number of hydrogen-bond acceptors (Lipinski definition) is 23. The van der Waals surface area contributed by atoms with E-state index in [1.165, 1.54) is 0 Å². The molecule has 23 nitrogen and oxygen atoms in total. The summed E-state index contributed by atoms with van der Waals surface area (Å²) in [5, 5.41) is 129. The van der Waals surface area contributed by atoms with E-state index in [9.17, 15) is 85.3 Å². The van der Waals surface area contributed by atoms with Gasteiger partial charge in [-0.25, -0.2) is 19.2 Å². The molecule has 0 saturated carbocycles. The van der Waals surface area contributed by atoms with E-state index >= 15 is 0 Å². The fraction of sp³-hybridized carbons (Fsp3) is 0.265. The molecule has 1 saturated heterocycles. The molecular formula is C34H24O23. The van der Waals surface area contributed by atoms with Crippen LogP contribution < -0.4 is 4.74 Å². The number of aromatic hydroxyl groups is 8. The first-order valence-corrected chi connectivity index (χ1v) is 16.1. The SMILES string of the molecule is O=C1O[C@H]2[C@@H]3OC(=O)c4cc(O)c(O)c(O)c4-c4c(cc(O)c(O)c4O)C(=O)OC[C@@H](O3)[C@@H](OC(=O)c3cc(O)c(O)c4c3[C@H]3C1=CC(=O)C(O)(O)[C@@]3(O)O4)[C@@H]2O. The summed E-state index contributed by atoms with van der Waals surface area (Å²) < 4.78 is 32.5. The van der Waals surface area contributed by atoms with Crippen molar-refractivity contribution < 1.29 is 114 Å². The number of carbonyl (C=O) groups is 5. The lowest BCUT2D eigenvalue weighted by molar-refractivity contribution is -0.323. The lowest BCUT2D eigenvalue weighted by Crippen LogP contribution is -2.66. The first kappa shape index (κ1) is 36.9. The number of phenols is 8. The van der Waals surface area contributed by atoms with Gasteiger partial charge in [-0.3, -0.25) is 4.79 Å². The Kier molecular flexibility index (Phi) is 7.75. The topological polar surface area (TPSA) is 383 Å². The third-order valence-corrected chi connectivity index (χ3v) is 10.0. The summed E-state index contributed by atoms with van der Waals surface area (Å²) in [7, 11) is 0. The molecule has 5 aliphatic rings. The smallest absolute Gasteiger partial charge is 0.341 e. The van der Waals surface area contributed by atoms with Crippen LogP contribution in [0.3, 0.4) is 0 Å². The van der Waals surface area contributed by atoms with Gasteiger partial charge >= 0.3 is 23.9 Å². The second-order valence-corrected chi connectivity index (χ2v) is 13.2. The first-order valence-electron chi connectivity index (χ1n) is 16.1. The Bertz CT molecular complexity index is 2430. The van der Waals surface area contributed by atoms with Crippen LogP contribution in [0.2, 0.25) is 0 Å². The maximum atomic E-state index is 14.0. The molecule has 298 valence electrons. The number of phenolic OH excluding ortho intramolecular Hbond substituents is 8. The Labute approximate surface area is 313 Å². The van der Waals surface area contributed by atoms with Crippen LogP contribution in [0.4, 0.5) is 0 Å².